The van der Waals surface area contributed by atoms with Crippen LogP contribution >= 0.6 is 23.2 Å². The smallest absolute Gasteiger partial charge is 0.242 e. The maximum Gasteiger partial charge on any atom is 0.242 e. The third-order valence-electron chi connectivity index (χ3n) is 4.40. The van der Waals surface area contributed by atoms with Gasteiger partial charge in [0.1, 0.15) is 4.90 Å². The summed E-state index contributed by atoms with van der Waals surface area (Å²) in [6.07, 6.45) is 4.18. The molecule has 1 aliphatic carbocycles. The van der Waals surface area contributed by atoms with Crippen molar-refractivity contribution in [3.63, 3.8) is 0 Å². The van der Waals surface area contributed by atoms with Crippen molar-refractivity contribution in [2.24, 2.45) is 5.41 Å². The van der Waals surface area contributed by atoms with Crippen LogP contribution in [0.3, 0.4) is 0 Å². The van der Waals surface area contributed by atoms with E-state index in [1.807, 2.05) is 0 Å². The zero-order valence-corrected chi connectivity index (χ0v) is 14.2. The van der Waals surface area contributed by atoms with Crippen molar-refractivity contribution >= 4 is 33.2 Å². The molecule has 0 unspecified atom stereocenters. The number of rotatable bonds is 6. The molecule has 1 saturated carbocycles. The molecule has 0 aromatic heterocycles. The van der Waals surface area contributed by atoms with E-state index in [-0.39, 0.29) is 25.9 Å². The molecule has 1 aromatic rings. The second-order valence-corrected chi connectivity index (χ2v) is 8.05. The monoisotopic (exact) mass is 351 g/mol. The number of nitrogens with one attached hydrogen (secondary N) is 1. The molecule has 1 aliphatic rings. The first-order chi connectivity index (χ1) is 9.85. The zero-order valence-electron chi connectivity index (χ0n) is 11.8. The van der Waals surface area contributed by atoms with Crippen LogP contribution in [0.4, 0.5) is 0 Å². The molecule has 21 heavy (non-hydrogen) atoms. The molecule has 0 bridgehead atoms. The van der Waals surface area contributed by atoms with Crippen molar-refractivity contribution in [2.75, 3.05) is 6.54 Å². The highest BCUT2D eigenvalue weighted by atomic mass is 35.5. The minimum absolute atomic E-state index is 0.0170. The van der Waals surface area contributed by atoms with Crippen molar-refractivity contribution in [3.05, 3.63) is 27.7 Å². The Labute approximate surface area is 135 Å². The Balaban J connectivity index is 2.24. The SMILES string of the molecule is CCC1(CNS(=O)(=O)c2ccc(Cl)c(CO)c2Cl)CCC1. The second kappa shape index (κ2) is 6.42. The quantitative estimate of drug-likeness (QED) is 0.825. The summed E-state index contributed by atoms with van der Waals surface area (Å²) in [6, 6.07) is 2.80. The molecule has 2 N–H and O–H groups in total. The Kier molecular flexibility index (Phi) is 5.21. The van der Waals surface area contributed by atoms with E-state index >= 15 is 0 Å². The summed E-state index contributed by atoms with van der Waals surface area (Å²) in [6.45, 7) is 2.09. The van der Waals surface area contributed by atoms with E-state index in [1.54, 1.807) is 0 Å². The van der Waals surface area contributed by atoms with Crippen LogP contribution in [-0.4, -0.2) is 20.1 Å². The van der Waals surface area contributed by atoms with Crippen molar-refractivity contribution in [1.82, 2.24) is 4.72 Å². The first kappa shape index (κ1) is 17.0. The van der Waals surface area contributed by atoms with Gasteiger partial charge in [0.2, 0.25) is 10.0 Å². The van der Waals surface area contributed by atoms with Gasteiger partial charge in [0.25, 0.3) is 0 Å². The number of halogens is 2. The van der Waals surface area contributed by atoms with Crippen LogP contribution in [0.1, 0.15) is 38.2 Å². The van der Waals surface area contributed by atoms with E-state index in [2.05, 4.69) is 11.6 Å². The first-order valence-electron chi connectivity index (χ1n) is 6.92. The lowest BCUT2D eigenvalue weighted by molar-refractivity contribution is 0.133. The molecule has 1 aromatic carbocycles. The average molecular weight is 352 g/mol. The third-order valence-corrected chi connectivity index (χ3v) is 6.74. The fourth-order valence-electron chi connectivity index (χ4n) is 2.59. The number of hydrogen-bond acceptors (Lipinski definition) is 3. The second-order valence-electron chi connectivity index (χ2n) is 5.53. The molecular formula is C14H19Cl2NO3S. The Bertz CT molecular complexity index is 622. The molecule has 4 nitrogen and oxygen atoms in total. The standard InChI is InChI=1S/C14H19Cl2NO3S/c1-2-14(6-3-7-14)9-17-21(19,20)12-5-4-11(15)10(8-18)13(12)16/h4-5,17-18H,2-3,6-9H2,1H3. The fourth-order valence-corrected chi connectivity index (χ4v) is 4.64. The molecule has 0 radical (unpaired) electrons. The van der Waals surface area contributed by atoms with Gasteiger partial charge in [-0.05, 0) is 36.8 Å². The van der Waals surface area contributed by atoms with Crippen molar-refractivity contribution < 1.29 is 13.5 Å². The van der Waals surface area contributed by atoms with Crippen LogP contribution in [0, 0.1) is 5.41 Å². The van der Waals surface area contributed by atoms with Crippen LogP contribution in [0.25, 0.3) is 0 Å². The number of sulfonamides is 1. The predicted molar refractivity (Wildman–Crippen MR) is 84.1 cm³/mol. The highest BCUT2D eigenvalue weighted by Crippen LogP contribution is 2.43. The minimum Gasteiger partial charge on any atom is -0.392 e. The maximum atomic E-state index is 12.4. The lowest BCUT2D eigenvalue weighted by Crippen LogP contribution is -2.41. The summed E-state index contributed by atoms with van der Waals surface area (Å²) in [5, 5.41) is 9.49. The van der Waals surface area contributed by atoms with Gasteiger partial charge in [-0.15, -0.1) is 0 Å². The topological polar surface area (TPSA) is 66.4 Å². The molecule has 0 saturated heterocycles. The van der Waals surface area contributed by atoms with Gasteiger partial charge in [-0.3, -0.25) is 0 Å². The van der Waals surface area contributed by atoms with Crippen molar-refractivity contribution in [2.45, 2.75) is 44.1 Å². The third kappa shape index (κ3) is 3.37. The number of benzene rings is 1. The molecule has 7 heteroatoms. The Morgan fingerprint density at radius 3 is 2.48 bits per heavy atom. The van der Waals surface area contributed by atoms with Gasteiger partial charge in [-0.25, -0.2) is 13.1 Å². The first-order valence-corrected chi connectivity index (χ1v) is 9.16. The molecule has 0 atom stereocenters. The summed E-state index contributed by atoms with van der Waals surface area (Å²) in [5.41, 5.74) is 0.307. The van der Waals surface area contributed by atoms with E-state index in [0.717, 1.165) is 25.7 Å². The summed E-state index contributed by atoms with van der Waals surface area (Å²) < 4.78 is 27.5. The predicted octanol–water partition coefficient (Wildman–Crippen LogP) is 3.34. The van der Waals surface area contributed by atoms with Crippen LogP contribution in [-0.2, 0) is 16.6 Å². The summed E-state index contributed by atoms with van der Waals surface area (Å²) in [7, 11) is -3.71. The summed E-state index contributed by atoms with van der Waals surface area (Å²) in [4.78, 5) is -0.0387. The molecule has 0 amide bonds. The van der Waals surface area contributed by atoms with Gasteiger partial charge in [-0.2, -0.15) is 0 Å². The normalized spacial score (nSPS) is 17.5. The average Bonchev–Trinajstić information content (AvgIpc) is 2.38. The summed E-state index contributed by atoms with van der Waals surface area (Å²) in [5.74, 6) is 0. The van der Waals surface area contributed by atoms with Crippen LogP contribution in [0.5, 0.6) is 0 Å². The van der Waals surface area contributed by atoms with Crippen LogP contribution in [0.2, 0.25) is 10.0 Å². The lowest BCUT2D eigenvalue weighted by Gasteiger charge is -2.41. The molecule has 0 spiro atoms. The lowest BCUT2D eigenvalue weighted by atomic mass is 9.67. The maximum absolute atomic E-state index is 12.4. The Hall–Kier alpha value is -0.330. The Morgan fingerprint density at radius 2 is 2.00 bits per heavy atom. The van der Waals surface area contributed by atoms with Crippen molar-refractivity contribution in [1.29, 1.82) is 0 Å². The number of aliphatic hydroxyl groups excluding tert-OH is 1. The fraction of sp³-hybridized carbons (Fsp3) is 0.571. The zero-order chi connectivity index (χ0) is 15.7. The molecular weight excluding hydrogens is 333 g/mol. The highest BCUT2D eigenvalue weighted by Gasteiger charge is 2.36. The van der Waals surface area contributed by atoms with Crippen molar-refractivity contribution in [3.8, 4) is 0 Å². The number of hydrogen-bond donors (Lipinski definition) is 2. The van der Waals surface area contributed by atoms with Crippen LogP contribution in [0.15, 0.2) is 17.0 Å². The van der Waals surface area contributed by atoms with Gasteiger partial charge in [0.05, 0.1) is 11.6 Å². The van der Waals surface area contributed by atoms with Gasteiger partial charge in [-0.1, -0.05) is 36.5 Å². The Morgan fingerprint density at radius 1 is 1.33 bits per heavy atom. The van der Waals surface area contributed by atoms with E-state index in [4.69, 9.17) is 23.2 Å². The highest BCUT2D eigenvalue weighted by molar-refractivity contribution is 7.89. The minimum atomic E-state index is -3.71. The molecule has 2 rings (SSSR count). The molecule has 1 fully saturated rings. The van der Waals surface area contributed by atoms with Gasteiger partial charge < -0.3 is 5.11 Å². The van der Waals surface area contributed by atoms with E-state index in [1.165, 1.54) is 12.1 Å². The summed E-state index contributed by atoms with van der Waals surface area (Å²) >= 11 is 12.0. The van der Waals surface area contributed by atoms with Gasteiger partial charge >= 0.3 is 0 Å². The van der Waals surface area contributed by atoms with Crippen LogP contribution < -0.4 is 4.72 Å². The molecule has 0 aliphatic heterocycles. The van der Waals surface area contributed by atoms with E-state index in [9.17, 15) is 13.5 Å². The van der Waals surface area contributed by atoms with E-state index in [0.29, 0.717) is 6.54 Å². The number of aliphatic hydroxyl groups is 1. The van der Waals surface area contributed by atoms with Gasteiger partial charge in [0, 0.05) is 17.1 Å². The largest absolute Gasteiger partial charge is 0.392 e. The van der Waals surface area contributed by atoms with E-state index < -0.39 is 16.6 Å². The molecule has 0 heterocycles. The molecule has 118 valence electrons. The van der Waals surface area contributed by atoms with Gasteiger partial charge in [0.15, 0.2) is 0 Å².